The molecule has 0 bridgehead atoms. The fraction of sp³-hybridized carbons (Fsp3) is 0.333. The van der Waals surface area contributed by atoms with Gasteiger partial charge in [-0.15, -0.1) is 0 Å². The van der Waals surface area contributed by atoms with E-state index in [1.54, 1.807) is 19.4 Å². The number of carbonyl (C=O) groups excluding carboxylic acids is 1. The Balaban J connectivity index is 1.67. The van der Waals surface area contributed by atoms with Crippen LogP contribution in [0.3, 0.4) is 0 Å². The van der Waals surface area contributed by atoms with Crippen molar-refractivity contribution in [1.82, 2.24) is 4.98 Å². The summed E-state index contributed by atoms with van der Waals surface area (Å²) in [5.74, 6) is 1.16. The van der Waals surface area contributed by atoms with Gasteiger partial charge in [0.15, 0.2) is 0 Å². The lowest BCUT2D eigenvalue weighted by Crippen LogP contribution is -2.16. The number of rotatable bonds is 10. The molecule has 6 nitrogen and oxygen atoms in total. The molecule has 0 aliphatic rings. The van der Waals surface area contributed by atoms with Gasteiger partial charge in [0.05, 0.1) is 24.9 Å². The monoisotopic (exact) mass is 329 g/mol. The second-order valence-corrected chi connectivity index (χ2v) is 5.16. The van der Waals surface area contributed by atoms with Crippen LogP contribution in [-0.2, 0) is 9.53 Å². The normalized spacial score (nSPS) is 10.2. The third kappa shape index (κ3) is 6.66. The van der Waals surface area contributed by atoms with Gasteiger partial charge < -0.3 is 20.1 Å². The van der Waals surface area contributed by atoms with Crippen LogP contribution in [0, 0.1) is 0 Å². The number of anilines is 2. The average molecular weight is 329 g/mol. The summed E-state index contributed by atoms with van der Waals surface area (Å²) in [6.45, 7) is 1.87. The van der Waals surface area contributed by atoms with Crippen LogP contribution >= 0.6 is 0 Å². The Morgan fingerprint density at radius 2 is 1.96 bits per heavy atom. The Labute approximate surface area is 142 Å². The topological polar surface area (TPSA) is 72.5 Å². The molecule has 0 fully saturated rings. The van der Waals surface area contributed by atoms with Gasteiger partial charge in [0.1, 0.15) is 11.6 Å². The molecule has 0 aliphatic heterocycles. The summed E-state index contributed by atoms with van der Waals surface area (Å²) in [5, 5.41) is 5.99. The first-order valence-corrected chi connectivity index (χ1v) is 7.94. The number of nitrogens with one attached hydrogen (secondary N) is 2. The number of para-hydroxylation sites is 1. The van der Waals surface area contributed by atoms with E-state index in [-0.39, 0.29) is 12.3 Å². The summed E-state index contributed by atoms with van der Waals surface area (Å²) in [7, 11) is 1.68. The molecular formula is C18H23N3O3. The van der Waals surface area contributed by atoms with Crippen LogP contribution in [0.25, 0.3) is 0 Å². The Bertz CT molecular complexity index is 603. The maximum atomic E-state index is 11.9. The molecule has 1 aromatic carbocycles. The van der Waals surface area contributed by atoms with E-state index in [4.69, 9.17) is 9.47 Å². The lowest BCUT2D eigenvalue weighted by Gasteiger charge is -2.08. The van der Waals surface area contributed by atoms with E-state index >= 15 is 0 Å². The molecule has 1 heterocycles. The Kier molecular flexibility index (Phi) is 7.56. The first-order chi connectivity index (χ1) is 11.8. The second kappa shape index (κ2) is 10.2. The maximum absolute atomic E-state index is 11.9. The van der Waals surface area contributed by atoms with Gasteiger partial charge in [0, 0.05) is 20.3 Å². The molecule has 2 aromatic rings. The Morgan fingerprint density at radius 3 is 2.67 bits per heavy atom. The molecule has 1 amide bonds. The number of nitrogens with zero attached hydrogens (tertiary/aromatic N) is 1. The summed E-state index contributed by atoms with van der Waals surface area (Å²) in [5.41, 5.74) is 0.913. The van der Waals surface area contributed by atoms with Gasteiger partial charge >= 0.3 is 0 Å². The molecule has 0 aliphatic carbocycles. The first-order valence-electron chi connectivity index (χ1n) is 7.94. The minimum Gasteiger partial charge on any atom is -0.493 e. The first kappa shape index (κ1) is 17.7. The molecule has 1 aromatic heterocycles. The number of aromatic nitrogens is 1. The zero-order valence-electron chi connectivity index (χ0n) is 13.8. The lowest BCUT2D eigenvalue weighted by molar-refractivity contribution is -0.116. The number of benzene rings is 1. The van der Waals surface area contributed by atoms with E-state index in [2.05, 4.69) is 15.6 Å². The number of methoxy groups -OCH3 is 1. The van der Waals surface area contributed by atoms with Gasteiger partial charge in [-0.2, -0.15) is 0 Å². The molecule has 128 valence electrons. The van der Waals surface area contributed by atoms with Crippen LogP contribution in [0.2, 0.25) is 0 Å². The zero-order chi connectivity index (χ0) is 17.0. The third-order valence-electron chi connectivity index (χ3n) is 3.23. The molecular weight excluding hydrogens is 306 g/mol. The van der Waals surface area contributed by atoms with E-state index < -0.39 is 0 Å². The molecule has 0 atom stereocenters. The highest BCUT2D eigenvalue weighted by Gasteiger charge is 2.04. The third-order valence-corrected chi connectivity index (χ3v) is 3.23. The molecule has 0 radical (unpaired) electrons. The van der Waals surface area contributed by atoms with Crippen molar-refractivity contribution in [3.63, 3.8) is 0 Å². The Morgan fingerprint density at radius 1 is 1.12 bits per heavy atom. The number of pyridine rings is 1. The lowest BCUT2D eigenvalue weighted by atomic mass is 10.3. The number of hydrogen-bond acceptors (Lipinski definition) is 5. The van der Waals surface area contributed by atoms with Gasteiger partial charge in [-0.1, -0.05) is 18.2 Å². The number of hydrogen-bond donors (Lipinski definition) is 2. The molecule has 0 saturated heterocycles. The molecule has 0 spiro atoms. The van der Waals surface area contributed by atoms with Crippen LogP contribution in [0.4, 0.5) is 11.5 Å². The van der Waals surface area contributed by atoms with Crippen molar-refractivity contribution in [3.8, 4) is 5.75 Å². The summed E-state index contributed by atoms with van der Waals surface area (Å²) in [6, 6.07) is 13.1. The van der Waals surface area contributed by atoms with Gasteiger partial charge in [-0.3, -0.25) is 4.79 Å². The minimum atomic E-state index is -0.126. The van der Waals surface area contributed by atoms with E-state index in [0.717, 1.165) is 31.0 Å². The maximum Gasteiger partial charge on any atom is 0.228 e. The molecule has 0 unspecified atom stereocenters. The Hall–Kier alpha value is -2.60. The van der Waals surface area contributed by atoms with Crippen LogP contribution in [0.1, 0.15) is 12.8 Å². The zero-order valence-corrected chi connectivity index (χ0v) is 13.8. The van der Waals surface area contributed by atoms with E-state index in [1.165, 1.54) is 0 Å². The quantitative estimate of drug-likeness (QED) is 0.656. The smallest absolute Gasteiger partial charge is 0.228 e. The summed E-state index contributed by atoms with van der Waals surface area (Å²) >= 11 is 0. The van der Waals surface area contributed by atoms with Crippen LogP contribution < -0.4 is 15.4 Å². The van der Waals surface area contributed by atoms with Gasteiger partial charge in [0.25, 0.3) is 0 Å². The fourth-order valence-corrected chi connectivity index (χ4v) is 2.01. The van der Waals surface area contributed by atoms with E-state index in [1.807, 2.05) is 36.4 Å². The SMILES string of the molecule is COCCCNc1ccc(NC(=O)CCOc2ccccc2)nc1. The minimum absolute atomic E-state index is 0.126. The van der Waals surface area contributed by atoms with Crippen molar-refractivity contribution in [2.75, 3.05) is 37.5 Å². The van der Waals surface area contributed by atoms with Gasteiger partial charge in [-0.05, 0) is 30.7 Å². The molecule has 2 N–H and O–H groups in total. The predicted molar refractivity (Wildman–Crippen MR) is 94.4 cm³/mol. The number of ether oxygens (including phenoxy) is 2. The highest BCUT2D eigenvalue weighted by Crippen LogP contribution is 2.11. The largest absolute Gasteiger partial charge is 0.493 e. The number of carbonyl (C=O) groups is 1. The predicted octanol–water partition coefficient (Wildman–Crippen LogP) is 2.94. The second-order valence-electron chi connectivity index (χ2n) is 5.16. The standard InChI is InChI=1S/C18H23N3O3/c1-23-12-5-11-19-15-8-9-17(20-14-15)21-18(22)10-13-24-16-6-3-2-4-7-16/h2-4,6-9,14,19H,5,10-13H2,1H3,(H,20,21,22). The van der Waals surface area contributed by atoms with Crippen molar-refractivity contribution in [2.45, 2.75) is 12.8 Å². The van der Waals surface area contributed by atoms with Gasteiger partial charge in [0.2, 0.25) is 5.91 Å². The van der Waals surface area contributed by atoms with Crippen molar-refractivity contribution >= 4 is 17.4 Å². The van der Waals surface area contributed by atoms with Crippen molar-refractivity contribution in [2.24, 2.45) is 0 Å². The number of amides is 1. The molecule has 2 rings (SSSR count). The molecule has 6 heteroatoms. The van der Waals surface area contributed by atoms with E-state index in [0.29, 0.717) is 12.4 Å². The van der Waals surface area contributed by atoms with E-state index in [9.17, 15) is 4.79 Å². The summed E-state index contributed by atoms with van der Waals surface area (Å²) < 4.78 is 10.5. The van der Waals surface area contributed by atoms with Crippen LogP contribution in [-0.4, -0.2) is 37.8 Å². The van der Waals surface area contributed by atoms with Crippen molar-refractivity contribution in [1.29, 1.82) is 0 Å². The van der Waals surface area contributed by atoms with Crippen molar-refractivity contribution < 1.29 is 14.3 Å². The van der Waals surface area contributed by atoms with Gasteiger partial charge in [-0.25, -0.2) is 4.98 Å². The highest BCUT2D eigenvalue weighted by molar-refractivity contribution is 5.89. The molecule has 0 saturated carbocycles. The summed E-state index contributed by atoms with van der Waals surface area (Å²) in [6.07, 6.45) is 2.90. The van der Waals surface area contributed by atoms with Crippen LogP contribution in [0.15, 0.2) is 48.7 Å². The highest BCUT2D eigenvalue weighted by atomic mass is 16.5. The summed E-state index contributed by atoms with van der Waals surface area (Å²) in [4.78, 5) is 16.1. The fourth-order valence-electron chi connectivity index (χ4n) is 2.01. The molecule has 24 heavy (non-hydrogen) atoms. The average Bonchev–Trinajstić information content (AvgIpc) is 2.61. The van der Waals surface area contributed by atoms with Crippen molar-refractivity contribution in [3.05, 3.63) is 48.7 Å². The van der Waals surface area contributed by atoms with Crippen LogP contribution in [0.5, 0.6) is 5.75 Å².